The Morgan fingerprint density at radius 2 is 2.33 bits per heavy atom. The van der Waals surface area contributed by atoms with Crippen molar-refractivity contribution in [3.05, 3.63) is 28.8 Å². The first kappa shape index (κ1) is 9.23. The predicted molar refractivity (Wildman–Crippen MR) is 51.2 cm³/mol. The molecule has 2 nitrogen and oxygen atoms in total. The van der Waals surface area contributed by atoms with Gasteiger partial charge in [-0.2, -0.15) is 0 Å². The first-order valence-corrected chi connectivity index (χ1v) is 4.03. The highest BCUT2D eigenvalue weighted by Crippen LogP contribution is 2.23. The molecule has 1 aromatic rings. The number of benzene rings is 1. The Kier molecular flexibility index (Phi) is 3.26. The van der Waals surface area contributed by atoms with Gasteiger partial charge in [0.25, 0.3) is 0 Å². The van der Waals surface area contributed by atoms with Crippen molar-refractivity contribution in [3.63, 3.8) is 0 Å². The van der Waals surface area contributed by atoms with Crippen LogP contribution in [0.15, 0.2) is 23.2 Å². The van der Waals surface area contributed by atoms with Crippen LogP contribution in [-0.4, -0.2) is 11.3 Å². The van der Waals surface area contributed by atoms with Crippen LogP contribution in [0.25, 0.3) is 0 Å². The molecular formula is C9H10ClNO. The fourth-order valence-corrected chi connectivity index (χ4v) is 1.10. The van der Waals surface area contributed by atoms with Crippen molar-refractivity contribution in [3.8, 4) is 0 Å². The predicted octanol–water partition coefficient (Wildman–Crippen LogP) is 2.55. The fourth-order valence-electron chi connectivity index (χ4n) is 0.930. The van der Waals surface area contributed by atoms with E-state index < -0.39 is 0 Å². The summed E-state index contributed by atoms with van der Waals surface area (Å²) in [6, 6.07) is 5.24. The summed E-state index contributed by atoms with van der Waals surface area (Å²) < 4.78 is 0. The molecule has 0 spiro atoms. The van der Waals surface area contributed by atoms with Gasteiger partial charge in [0.1, 0.15) is 0 Å². The zero-order valence-electron chi connectivity index (χ0n) is 6.79. The van der Waals surface area contributed by atoms with Gasteiger partial charge in [-0.25, -0.2) is 0 Å². The second kappa shape index (κ2) is 4.24. The van der Waals surface area contributed by atoms with E-state index in [1.807, 2.05) is 6.92 Å². The van der Waals surface area contributed by atoms with Gasteiger partial charge in [0, 0.05) is 16.8 Å². The number of aliphatic imine (C=N–C) groups is 1. The van der Waals surface area contributed by atoms with Crippen molar-refractivity contribution in [2.75, 3.05) is 0 Å². The van der Waals surface area contributed by atoms with E-state index in [2.05, 4.69) is 4.99 Å². The highest BCUT2D eigenvalue weighted by atomic mass is 35.5. The topological polar surface area (TPSA) is 32.6 Å². The Morgan fingerprint density at radius 3 is 2.92 bits per heavy atom. The summed E-state index contributed by atoms with van der Waals surface area (Å²) in [6.07, 6.45) is 1.67. The number of halogens is 1. The molecule has 0 saturated carbocycles. The standard InChI is InChI=1S/C9H10ClNO/c1-2-11-9-5-8(10)4-3-7(9)6-12/h2-5,12H,6H2,1H3/b11-2-. The zero-order valence-corrected chi connectivity index (χ0v) is 7.54. The molecule has 0 saturated heterocycles. The molecule has 0 aliphatic carbocycles. The highest BCUT2D eigenvalue weighted by Gasteiger charge is 1.99. The second-order valence-corrected chi connectivity index (χ2v) is 2.75. The Labute approximate surface area is 76.5 Å². The molecule has 0 unspecified atom stereocenters. The van der Waals surface area contributed by atoms with Crippen LogP contribution in [0.5, 0.6) is 0 Å². The molecule has 0 radical (unpaired) electrons. The summed E-state index contributed by atoms with van der Waals surface area (Å²) in [5.41, 5.74) is 1.52. The van der Waals surface area contributed by atoms with E-state index >= 15 is 0 Å². The molecule has 0 heterocycles. The van der Waals surface area contributed by atoms with E-state index in [0.717, 1.165) is 11.3 Å². The monoisotopic (exact) mass is 183 g/mol. The number of rotatable bonds is 2. The Bertz CT molecular complexity index is 297. The number of aliphatic hydroxyl groups is 1. The maximum Gasteiger partial charge on any atom is 0.0702 e. The van der Waals surface area contributed by atoms with E-state index in [1.165, 1.54) is 0 Å². The highest BCUT2D eigenvalue weighted by molar-refractivity contribution is 6.30. The molecule has 64 valence electrons. The molecule has 1 aromatic carbocycles. The molecule has 0 bridgehead atoms. The van der Waals surface area contributed by atoms with Crippen molar-refractivity contribution < 1.29 is 5.11 Å². The third-order valence-electron chi connectivity index (χ3n) is 1.49. The number of nitrogens with zero attached hydrogens (tertiary/aromatic N) is 1. The van der Waals surface area contributed by atoms with E-state index in [4.69, 9.17) is 16.7 Å². The van der Waals surface area contributed by atoms with Crippen LogP contribution in [0.2, 0.25) is 5.02 Å². The summed E-state index contributed by atoms with van der Waals surface area (Å²) in [6.45, 7) is 1.81. The average molecular weight is 184 g/mol. The van der Waals surface area contributed by atoms with Crippen molar-refractivity contribution in [1.29, 1.82) is 0 Å². The quantitative estimate of drug-likeness (QED) is 0.703. The van der Waals surface area contributed by atoms with Gasteiger partial charge in [0.15, 0.2) is 0 Å². The fraction of sp³-hybridized carbons (Fsp3) is 0.222. The molecular weight excluding hydrogens is 174 g/mol. The summed E-state index contributed by atoms with van der Waals surface area (Å²) >= 11 is 5.75. The molecule has 3 heteroatoms. The first-order chi connectivity index (χ1) is 5.77. The van der Waals surface area contributed by atoms with Crippen LogP contribution in [0.4, 0.5) is 5.69 Å². The molecule has 0 amide bonds. The molecule has 0 aliphatic heterocycles. The van der Waals surface area contributed by atoms with Gasteiger partial charge in [0.05, 0.1) is 12.3 Å². The van der Waals surface area contributed by atoms with Crippen molar-refractivity contribution >= 4 is 23.5 Å². The molecule has 0 fully saturated rings. The molecule has 12 heavy (non-hydrogen) atoms. The smallest absolute Gasteiger partial charge is 0.0702 e. The first-order valence-electron chi connectivity index (χ1n) is 3.66. The van der Waals surface area contributed by atoms with Crippen LogP contribution < -0.4 is 0 Å². The van der Waals surface area contributed by atoms with E-state index in [-0.39, 0.29) is 6.61 Å². The molecule has 1 N–H and O–H groups in total. The number of aliphatic hydroxyl groups excluding tert-OH is 1. The van der Waals surface area contributed by atoms with E-state index in [0.29, 0.717) is 5.02 Å². The lowest BCUT2D eigenvalue weighted by atomic mass is 10.2. The van der Waals surface area contributed by atoms with Gasteiger partial charge >= 0.3 is 0 Å². The van der Waals surface area contributed by atoms with Crippen LogP contribution in [0.3, 0.4) is 0 Å². The normalized spacial score (nSPS) is 10.9. The lowest BCUT2D eigenvalue weighted by Gasteiger charge is -2.01. The van der Waals surface area contributed by atoms with Crippen molar-refractivity contribution in [1.82, 2.24) is 0 Å². The minimum atomic E-state index is -0.0101. The van der Waals surface area contributed by atoms with Crippen molar-refractivity contribution in [2.24, 2.45) is 4.99 Å². The van der Waals surface area contributed by atoms with Crippen molar-refractivity contribution in [2.45, 2.75) is 13.5 Å². The average Bonchev–Trinajstić information content (AvgIpc) is 2.05. The van der Waals surface area contributed by atoms with Gasteiger partial charge in [-0.1, -0.05) is 17.7 Å². The minimum absolute atomic E-state index is 0.0101. The molecule has 0 aromatic heterocycles. The maximum atomic E-state index is 8.92. The summed E-state index contributed by atoms with van der Waals surface area (Å²) in [5, 5.41) is 9.55. The molecule has 0 aliphatic rings. The Morgan fingerprint density at radius 1 is 1.58 bits per heavy atom. The number of hydrogen-bond donors (Lipinski definition) is 1. The Balaban J connectivity index is 3.12. The van der Waals surface area contributed by atoms with E-state index in [1.54, 1.807) is 24.4 Å². The lowest BCUT2D eigenvalue weighted by molar-refractivity contribution is 0.282. The largest absolute Gasteiger partial charge is 0.392 e. The third kappa shape index (κ3) is 2.06. The molecule has 1 rings (SSSR count). The van der Waals surface area contributed by atoms with Gasteiger partial charge < -0.3 is 5.11 Å². The van der Waals surface area contributed by atoms with Gasteiger partial charge in [-0.05, 0) is 19.1 Å². The van der Waals surface area contributed by atoms with Crippen LogP contribution in [-0.2, 0) is 6.61 Å². The summed E-state index contributed by atoms with van der Waals surface area (Å²) in [5.74, 6) is 0. The van der Waals surface area contributed by atoms with Crippen LogP contribution in [0, 0.1) is 0 Å². The SMILES string of the molecule is C/C=N\c1cc(Cl)ccc1CO. The van der Waals surface area contributed by atoms with E-state index in [9.17, 15) is 0 Å². The van der Waals surface area contributed by atoms with Gasteiger partial charge in [0.2, 0.25) is 0 Å². The zero-order chi connectivity index (χ0) is 8.97. The summed E-state index contributed by atoms with van der Waals surface area (Å²) in [7, 11) is 0. The summed E-state index contributed by atoms with van der Waals surface area (Å²) in [4.78, 5) is 4.07. The van der Waals surface area contributed by atoms with Gasteiger partial charge in [-0.3, -0.25) is 4.99 Å². The van der Waals surface area contributed by atoms with Crippen LogP contribution in [0.1, 0.15) is 12.5 Å². The second-order valence-electron chi connectivity index (χ2n) is 2.32. The van der Waals surface area contributed by atoms with Crippen LogP contribution >= 0.6 is 11.6 Å². The minimum Gasteiger partial charge on any atom is -0.392 e. The van der Waals surface area contributed by atoms with Gasteiger partial charge in [-0.15, -0.1) is 0 Å². The molecule has 0 atom stereocenters. The lowest BCUT2D eigenvalue weighted by Crippen LogP contribution is -1.83. The third-order valence-corrected chi connectivity index (χ3v) is 1.72. The number of hydrogen-bond acceptors (Lipinski definition) is 2. The maximum absolute atomic E-state index is 8.92. The Hall–Kier alpha value is -0.860.